The summed E-state index contributed by atoms with van der Waals surface area (Å²) in [6, 6.07) is 22.9. The highest BCUT2D eigenvalue weighted by molar-refractivity contribution is 6.30. The molecular weight excluding hydrogens is 370 g/mol. The fraction of sp³-hybridized carbons (Fsp3) is 0.0833. The van der Waals surface area contributed by atoms with Gasteiger partial charge in [0.1, 0.15) is 11.3 Å². The standard InChI is InChI=1S/C24H18ClNO2/c1-15-22(16(2)27)23(17-11-13-18(25)14-12-17)20-9-6-10-21(24(20)26-15)28-19-7-4-3-5-8-19/h3-14H,1-2H3. The topological polar surface area (TPSA) is 39.2 Å². The van der Waals surface area contributed by atoms with Gasteiger partial charge in [0.25, 0.3) is 0 Å². The SMILES string of the molecule is CC(=O)c1c(C)nc2c(Oc3ccccc3)cccc2c1-c1ccc(Cl)cc1. The number of carbonyl (C=O) groups excluding carboxylic acids is 1. The molecule has 4 heteroatoms. The molecule has 0 aliphatic rings. The molecule has 0 fully saturated rings. The van der Waals surface area contributed by atoms with Gasteiger partial charge in [-0.1, -0.05) is 54.1 Å². The highest BCUT2D eigenvalue weighted by atomic mass is 35.5. The maximum absolute atomic E-state index is 12.4. The fourth-order valence-electron chi connectivity index (χ4n) is 3.42. The Hall–Kier alpha value is -3.17. The first-order valence-electron chi connectivity index (χ1n) is 8.97. The number of pyridine rings is 1. The van der Waals surface area contributed by atoms with Crippen molar-refractivity contribution in [3.8, 4) is 22.6 Å². The van der Waals surface area contributed by atoms with E-state index < -0.39 is 0 Å². The Bertz CT molecular complexity index is 1170. The molecule has 0 radical (unpaired) electrons. The molecule has 0 unspecified atom stereocenters. The Morgan fingerprint density at radius 2 is 1.64 bits per heavy atom. The smallest absolute Gasteiger partial charge is 0.162 e. The Kier molecular flexibility index (Phi) is 4.84. The molecule has 138 valence electrons. The number of Topliss-reactive ketones (excluding diaryl/α,β-unsaturated/α-hetero) is 1. The van der Waals surface area contributed by atoms with E-state index in [2.05, 4.69) is 0 Å². The molecule has 1 aromatic heterocycles. The van der Waals surface area contributed by atoms with Crippen LogP contribution in [0.2, 0.25) is 5.02 Å². The van der Waals surface area contributed by atoms with E-state index in [4.69, 9.17) is 21.3 Å². The summed E-state index contributed by atoms with van der Waals surface area (Å²) in [4.78, 5) is 17.2. The van der Waals surface area contributed by atoms with Crippen molar-refractivity contribution in [2.45, 2.75) is 13.8 Å². The second-order valence-electron chi connectivity index (χ2n) is 6.58. The molecule has 3 aromatic carbocycles. The highest BCUT2D eigenvalue weighted by Gasteiger charge is 2.19. The summed E-state index contributed by atoms with van der Waals surface area (Å²) in [6.07, 6.45) is 0. The van der Waals surface area contributed by atoms with Crippen molar-refractivity contribution >= 4 is 28.3 Å². The lowest BCUT2D eigenvalue weighted by Gasteiger charge is -2.16. The lowest BCUT2D eigenvalue weighted by molar-refractivity contribution is 0.101. The number of aryl methyl sites for hydroxylation is 1. The van der Waals surface area contributed by atoms with Crippen LogP contribution < -0.4 is 4.74 Å². The van der Waals surface area contributed by atoms with Gasteiger partial charge in [-0.05, 0) is 49.7 Å². The van der Waals surface area contributed by atoms with E-state index in [1.165, 1.54) is 0 Å². The van der Waals surface area contributed by atoms with Gasteiger partial charge in [0, 0.05) is 27.2 Å². The van der Waals surface area contributed by atoms with E-state index >= 15 is 0 Å². The molecule has 0 aliphatic carbocycles. The molecule has 0 bridgehead atoms. The highest BCUT2D eigenvalue weighted by Crippen LogP contribution is 2.38. The van der Waals surface area contributed by atoms with Crippen LogP contribution in [0.15, 0.2) is 72.8 Å². The summed E-state index contributed by atoms with van der Waals surface area (Å²) in [5.41, 5.74) is 3.78. The lowest BCUT2D eigenvalue weighted by atomic mass is 9.92. The maximum atomic E-state index is 12.4. The van der Waals surface area contributed by atoms with Crippen LogP contribution in [0.1, 0.15) is 23.0 Å². The van der Waals surface area contributed by atoms with Crippen LogP contribution in [0.3, 0.4) is 0 Å². The quantitative estimate of drug-likeness (QED) is 0.359. The van der Waals surface area contributed by atoms with E-state index in [1.807, 2.05) is 79.7 Å². The number of rotatable bonds is 4. The number of para-hydroxylation sites is 2. The summed E-state index contributed by atoms with van der Waals surface area (Å²) in [5.74, 6) is 1.36. The Morgan fingerprint density at radius 1 is 0.929 bits per heavy atom. The van der Waals surface area contributed by atoms with Gasteiger partial charge in [0.2, 0.25) is 0 Å². The summed E-state index contributed by atoms with van der Waals surface area (Å²) in [6.45, 7) is 3.43. The van der Waals surface area contributed by atoms with Gasteiger partial charge in [0.15, 0.2) is 11.5 Å². The number of benzene rings is 3. The third-order valence-electron chi connectivity index (χ3n) is 4.62. The number of halogens is 1. The van der Waals surface area contributed by atoms with Crippen LogP contribution in [0.4, 0.5) is 0 Å². The minimum absolute atomic E-state index is 0.0220. The maximum Gasteiger partial charge on any atom is 0.162 e. The first-order chi connectivity index (χ1) is 13.5. The van der Waals surface area contributed by atoms with Crippen LogP contribution >= 0.6 is 11.6 Å². The van der Waals surface area contributed by atoms with E-state index in [0.29, 0.717) is 22.0 Å². The minimum Gasteiger partial charge on any atom is -0.455 e. The number of carbonyl (C=O) groups is 1. The van der Waals surface area contributed by atoms with Crippen LogP contribution in [-0.2, 0) is 0 Å². The van der Waals surface area contributed by atoms with Crippen molar-refractivity contribution in [3.63, 3.8) is 0 Å². The summed E-state index contributed by atoms with van der Waals surface area (Å²) in [5, 5.41) is 1.52. The van der Waals surface area contributed by atoms with Crippen LogP contribution in [0.25, 0.3) is 22.0 Å². The Labute approximate surface area is 168 Å². The van der Waals surface area contributed by atoms with Crippen molar-refractivity contribution in [1.82, 2.24) is 4.98 Å². The predicted molar refractivity (Wildman–Crippen MR) is 113 cm³/mol. The van der Waals surface area contributed by atoms with Gasteiger partial charge < -0.3 is 4.74 Å². The van der Waals surface area contributed by atoms with Crippen molar-refractivity contribution in [3.05, 3.63) is 89.1 Å². The normalized spacial score (nSPS) is 10.8. The number of ether oxygens (including phenoxy) is 1. The van der Waals surface area contributed by atoms with Crippen LogP contribution in [0.5, 0.6) is 11.5 Å². The number of nitrogens with zero attached hydrogens (tertiary/aromatic N) is 1. The van der Waals surface area contributed by atoms with Gasteiger partial charge in [-0.15, -0.1) is 0 Å². The van der Waals surface area contributed by atoms with Gasteiger partial charge >= 0.3 is 0 Å². The van der Waals surface area contributed by atoms with E-state index in [-0.39, 0.29) is 5.78 Å². The van der Waals surface area contributed by atoms with Crippen LogP contribution in [0, 0.1) is 6.92 Å². The van der Waals surface area contributed by atoms with Crippen LogP contribution in [-0.4, -0.2) is 10.8 Å². The van der Waals surface area contributed by atoms with E-state index in [9.17, 15) is 4.79 Å². The van der Waals surface area contributed by atoms with Gasteiger partial charge in [0.05, 0.1) is 0 Å². The van der Waals surface area contributed by atoms with Crippen molar-refractivity contribution in [2.24, 2.45) is 0 Å². The fourth-order valence-corrected chi connectivity index (χ4v) is 3.55. The average Bonchev–Trinajstić information content (AvgIpc) is 2.69. The van der Waals surface area contributed by atoms with Gasteiger partial charge in [-0.3, -0.25) is 4.79 Å². The molecule has 1 heterocycles. The molecule has 4 aromatic rings. The molecule has 4 rings (SSSR count). The predicted octanol–water partition coefficient (Wildman–Crippen LogP) is 6.86. The Balaban J connectivity index is 2.00. The molecule has 0 saturated heterocycles. The molecule has 0 amide bonds. The molecule has 0 spiro atoms. The zero-order chi connectivity index (χ0) is 19.7. The number of ketones is 1. The molecule has 28 heavy (non-hydrogen) atoms. The second-order valence-corrected chi connectivity index (χ2v) is 7.01. The minimum atomic E-state index is -0.0220. The Morgan fingerprint density at radius 3 is 2.32 bits per heavy atom. The van der Waals surface area contributed by atoms with Crippen molar-refractivity contribution < 1.29 is 9.53 Å². The number of hydrogen-bond donors (Lipinski definition) is 0. The molecule has 0 N–H and O–H groups in total. The zero-order valence-corrected chi connectivity index (χ0v) is 16.3. The molecular formula is C24H18ClNO2. The first kappa shape index (κ1) is 18.2. The summed E-state index contributed by atoms with van der Waals surface area (Å²) in [7, 11) is 0. The third-order valence-corrected chi connectivity index (χ3v) is 4.87. The number of aromatic nitrogens is 1. The van der Waals surface area contributed by atoms with E-state index in [1.54, 1.807) is 6.92 Å². The van der Waals surface area contributed by atoms with Crippen molar-refractivity contribution in [2.75, 3.05) is 0 Å². The molecule has 0 saturated carbocycles. The first-order valence-corrected chi connectivity index (χ1v) is 9.35. The summed E-state index contributed by atoms with van der Waals surface area (Å²) >= 11 is 6.07. The average molecular weight is 388 g/mol. The van der Waals surface area contributed by atoms with Crippen molar-refractivity contribution in [1.29, 1.82) is 0 Å². The lowest BCUT2D eigenvalue weighted by Crippen LogP contribution is -2.04. The zero-order valence-electron chi connectivity index (χ0n) is 15.6. The third kappa shape index (κ3) is 3.37. The monoisotopic (exact) mass is 387 g/mol. The largest absolute Gasteiger partial charge is 0.455 e. The second kappa shape index (κ2) is 7.45. The van der Waals surface area contributed by atoms with Gasteiger partial charge in [-0.2, -0.15) is 0 Å². The molecule has 0 aliphatic heterocycles. The van der Waals surface area contributed by atoms with Gasteiger partial charge in [-0.25, -0.2) is 4.98 Å². The number of fused-ring (bicyclic) bond motifs is 1. The molecule has 3 nitrogen and oxygen atoms in total. The van der Waals surface area contributed by atoms with E-state index in [0.717, 1.165) is 27.8 Å². The molecule has 0 atom stereocenters. The summed E-state index contributed by atoms with van der Waals surface area (Å²) < 4.78 is 6.09. The number of hydrogen-bond acceptors (Lipinski definition) is 3.